The van der Waals surface area contributed by atoms with Crippen molar-refractivity contribution in [2.75, 3.05) is 19.1 Å². The fraction of sp³-hybridized carbons (Fsp3) is 0.176. The summed E-state index contributed by atoms with van der Waals surface area (Å²) in [6, 6.07) is 9.71. The monoisotopic (exact) mass is 367 g/mol. The number of amides is 1. The number of carbonyl (C=O) groups is 1. The maximum atomic E-state index is 12.9. The highest BCUT2D eigenvalue weighted by Gasteiger charge is 2.33. The molecule has 0 aliphatic carbocycles. The second-order valence-electron chi connectivity index (χ2n) is 5.08. The third-order valence-corrected chi connectivity index (χ3v) is 3.19. The maximum absolute atomic E-state index is 12.9. The van der Waals surface area contributed by atoms with Crippen LogP contribution < -0.4 is 20.6 Å². The van der Waals surface area contributed by atoms with Gasteiger partial charge >= 0.3 is 6.18 Å². The fourth-order valence-corrected chi connectivity index (χ4v) is 2.04. The minimum absolute atomic E-state index is 0.171. The van der Waals surface area contributed by atoms with Gasteiger partial charge in [-0.1, -0.05) is 12.1 Å². The molecular weight excluding hydrogens is 351 g/mol. The van der Waals surface area contributed by atoms with Gasteiger partial charge in [0, 0.05) is 0 Å². The Kier molecular flexibility index (Phi) is 6.05. The molecule has 1 amide bonds. The maximum Gasteiger partial charge on any atom is 0.418 e. The first-order chi connectivity index (χ1) is 12.3. The molecule has 138 valence electrons. The van der Waals surface area contributed by atoms with Crippen LogP contribution in [0.15, 0.2) is 47.6 Å². The van der Waals surface area contributed by atoms with Gasteiger partial charge in [0.25, 0.3) is 5.91 Å². The molecule has 0 fully saturated rings. The van der Waals surface area contributed by atoms with Crippen LogP contribution in [0.2, 0.25) is 0 Å². The molecule has 0 aromatic heterocycles. The Hall–Kier alpha value is -3.23. The van der Waals surface area contributed by atoms with Crippen LogP contribution in [0.1, 0.15) is 11.1 Å². The van der Waals surface area contributed by atoms with Gasteiger partial charge in [-0.2, -0.15) is 18.3 Å². The number of hydrogen-bond acceptors (Lipinski definition) is 5. The number of ether oxygens (including phenoxy) is 2. The predicted octanol–water partition coefficient (Wildman–Crippen LogP) is 3.02. The van der Waals surface area contributed by atoms with Gasteiger partial charge in [-0.25, -0.2) is 0 Å². The lowest BCUT2D eigenvalue weighted by Crippen LogP contribution is -2.20. The third kappa shape index (κ3) is 5.13. The van der Waals surface area contributed by atoms with Crippen molar-refractivity contribution >= 4 is 17.8 Å². The minimum Gasteiger partial charge on any atom is -0.493 e. The number of hydrogen-bond donors (Lipinski definition) is 2. The zero-order valence-electron chi connectivity index (χ0n) is 13.7. The summed E-state index contributed by atoms with van der Waals surface area (Å²) < 4.78 is 49.1. The zero-order chi connectivity index (χ0) is 19.2. The number of nitrogens with two attached hydrogens (primary N) is 1. The number of carbonyl (C=O) groups excluding carboxylic acids is 1. The first kappa shape index (κ1) is 19.1. The number of anilines is 1. The smallest absolute Gasteiger partial charge is 0.418 e. The van der Waals surface area contributed by atoms with Crippen LogP contribution in [0.25, 0.3) is 0 Å². The van der Waals surface area contributed by atoms with Gasteiger partial charge in [-0.15, -0.1) is 0 Å². The fourth-order valence-electron chi connectivity index (χ4n) is 2.04. The van der Waals surface area contributed by atoms with Crippen LogP contribution in [0.5, 0.6) is 11.5 Å². The molecule has 2 rings (SSSR count). The molecule has 0 atom stereocenters. The molecule has 6 nitrogen and oxygen atoms in total. The molecule has 26 heavy (non-hydrogen) atoms. The predicted molar refractivity (Wildman–Crippen MR) is 90.3 cm³/mol. The van der Waals surface area contributed by atoms with E-state index in [1.54, 1.807) is 12.1 Å². The molecule has 2 aromatic carbocycles. The third-order valence-electron chi connectivity index (χ3n) is 3.19. The van der Waals surface area contributed by atoms with E-state index in [0.29, 0.717) is 11.3 Å². The summed E-state index contributed by atoms with van der Waals surface area (Å²) in [5.41, 5.74) is 6.92. The SMILES string of the molecule is COc1ccc(C=NNc2ccccc2C(F)(F)F)cc1OCC(N)=O. The summed E-state index contributed by atoms with van der Waals surface area (Å²) in [6.07, 6.45) is -3.18. The van der Waals surface area contributed by atoms with Gasteiger partial charge in [0.2, 0.25) is 0 Å². The van der Waals surface area contributed by atoms with Crippen molar-refractivity contribution in [3.8, 4) is 11.5 Å². The molecule has 9 heteroatoms. The normalized spacial score (nSPS) is 11.4. The summed E-state index contributed by atoms with van der Waals surface area (Å²) >= 11 is 0. The lowest BCUT2D eigenvalue weighted by atomic mass is 10.2. The largest absolute Gasteiger partial charge is 0.493 e. The van der Waals surface area contributed by atoms with Crippen LogP contribution in [0, 0.1) is 0 Å². The summed E-state index contributed by atoms with van der Waals surface area (Å²) in [5, 5.41) is 3.81. The Labute approximate surface area is 147 Å². The van der Waals surface area contributed by atoms with E-state index in [0.717, 1.165) is 6.07 Å². The average molecular weight is 367 g/mol. The van der Waals surface area contributed by atoms with Crippen molar-refractivity contribution in [3.63, 3.8) is 0 Å². The first-order valence-electron chi connectivity index (χ1n) is 7.35. The van der Waals surface area contributed by atoms with Crippen LogP contribution in [-0.2, 0) is 11.0 Å². The molecule has 2 aromatic rings. The Balaban J connectivity index is 2.16. The number of nitrogens with one attached hydrogen (secondary N) is 1. The molecule has 0 saturated carbocycles. The Morgan fingerprint density at radius 2 is 1.96 bits per heavy atom. The van der Waals surface area contributed by atoms with E-state index in [1.165, 1.54) is 37.6 Å². The molecule has 0 spiro atoms. The number of alkyl halides is 3. The Bertz CT molecular complexity index is 807. The van der Waals surface area contributed by atoms with Gasteiger partial charge in [-0.3, -0.25) is 10.2 Å². The van der Waals surface area contributed by atoms with Gasteiger partial charge in [0.1, 0.15) is 0 Å². The van der Waals surface area contributed by atoms with Crippen LogP contribution >= 0.6 is 0 Å². The van der Waals surface area contributed by atoms with Crippen molar-refractivity contribution < 1.29 is 27.4 Å². The number of halogens is 3. The average Bonchev–Trinajstić information content (AvgIpc) is 2.59. The quantitative estimate of drug-likeness (QED) is 0.582. The second kappa shape index (κ2) is 8.24. The lowest BCUT2D eigenvalue weighted by molar-refractivity contribution is -0.137. The summed E-state index contributed by atoms with van der Waals surface area (Å²) in [4.78, 5) is 10.8. The second-order valence-corrected chi connectivity index (χ2v) is 5.08. The highest BCUT2D eigenvalue weighted by Crippen LogP contribution is 2.34. The highest BCUT2D eigenvalue weighted by molar-refractivity contribution is 5.82. The van der Waals surface area contributed by atoms with Gasteiger partial charge in [0.05, 0.1) is 24.6 Å². The molecule has 0 bridgehead atoms. The molecule has 0 aliphatic rings. The topological polar surface area (TPSA) is 85.9 Å². The number of rotatable bonds is 7. The minimum atomic E-state index is -4.49. The number of hydrazone groups is 1. The van der Waals surface area contributed by atoms with Gasteiger partial charge in [-0.05, 0) is 35.9 Å². The van der Waals surface area contributed by atoms with Gasteiger partial charge in [0.15, 0.2) is 18.1 Å². The van der Waals surface area contributed by atoms with E-state index in [9.17, 15) is 18.0 Å². The molecule has 0 saturated heterocycles. The van der Waals surface area contributed by atoms with Crippen molar-refractivity contribution in [1.29, 1.82) is 0 Å². The first-order valence-corrected chi connectivity index (χ1v) is 7.35. The highest BCUT2D eigenvalue weighted by atomic mass is 19.4. The molecule has 3 N–H and O–H groups in total. The summed E-state index contributed by atoms with van der Waals surface area (Å²) in [6.45, 7) is -0.339. The molecule has 0 radical (unpaired) electrons. The zero-order valence-corrected chi connectivity index (χ0v) is 13.7. The Morgan fingerprint density at radius 3 is 2.62 bits per heavy atom. The number of methoxy groups -OCH3 is 1. The molecule has 0 unspecified atom stereocenters. The standard InChI is InChI=1S/C17H16F3N3O3/c1-25-14-7-6-11(8-15(14)26-10-16(21)24)9-22-23-13-5-3-2-4-12(13)17(18,19)20/h2-9,23H,10H2,1H3,(H2,21,24). The van der Waals surface area contributed by atoms with Crippen molar-refractivity contribution in [2.24, 2.45) is 10.8 Å². The summed E-state index contributed by atoms with van der Waals surface area (Å²) in [7, 11) is 1.43. The van der Waals surface area contributed by atoms with E-state index in [4.69, 9.17) is 15.2 Å². The van der Waals surface area contributed by atoms with E-state index in [2.05, 4.69) is 10.5 Å². The van der Waals surface area contributed by atoms with E-state index < -0.39 is 17.6 Å². The van der Waals surface area contributed by atoms with Gasteiger partial charge < -0.3 is 15.2 Å². The number of para-hydroxylation sites is 1. The lowest BCUT2D eigenvalue weighted by Gasteiger charge is -2.12. The van der Waals surface area contributed by atoms with Crippen LogP contribution in [0.4, 0.5) is 18.9 Å². The molecule has 0 aliphatic heterocycles. The summed E-state index contributed by atoms with van der Waals surface area (Å²) in [5.74, 6) is -0.0266. The Morgan fingerprint density at radius 1 is 1.23 bits per heavy atom. The van der Waals surface area contributed by atoms with Crippen molar-refractivity contribution in [3.05, 3.63) is 53.6 Å². The van der Waals surface area contributed by atoms with Crippen LogP contribution in [-0.4, -0.2) is 25.8 Å². The number of benzene rings is 2. The number of nitrogens with zero attached hydrogens (tertiary/aromatic N) is 1. The van der Waals surface area contributed by atoms with E-state index in [-0.39, 0.29) is 18.0 Å². The molecule has 0 heterocycles. The van der Waals surface area contributed by atoms with E-state index >= 15 is 0 Å². The molecular formula is C17H16F3N3O3. The van der Waals surface area contributed by atoms with Crippen molar-refractivity contribution in [2.45, 2.75) is 6.18 Å². The van der Waals surface area contributed by atoms with Crippen LogP contribution in [0.3, 0.4) is 0 Å². The van der Waals surface area contributed by atoms with Crippen molar-refractivity contribution in [1.82, 2.24) is 0 Å². The van der Waals surface area contributed by atoms with E-state index in [1.807, 2.05) is 0 Å². The number of primary amides is 1.